The topological polar surface area (TPSA) is 8.17 Å². The molecule has 1 aromatic heterocycles. The normalized spacial score (nSPS) is 14.9. The van der Waals surface area contributed by atoms with Crippen molar-refractivity contribution in [3.8, 4) is 0 Å². The van der Waals surface area contributed by atoms with Gasteiger partial charge in [-0.25, -0.2) is 0 Å². The summed E-state index contributed by atoms with van der Waals surface area (Å²) in [5.74, 6) is 0. The predicted molar refractivity (Wildman–Crippen MR) is 118 cm³/mol. The molecule has 0 aliphatic carbocycles. The summed E-state index contributed by atoms with van der Waals surface area (Å²) in [6.07, 6.45) is 3.41. The minimum atomic E-state index is 0.210. The van der Waals surface area contributed by atoms with Gasteiger partial charge in [0.15, 0.2) is 0 Å². The number of hydrogen-bond donors (Lipinski definition) is 0. The number of hydrogen-bond acceptors (Lipinski definition) is 1. The molecule has 2 heterocycles. The van der Waals surface area contributed by atoms with Gasteiger partial charge in [-0.1, -0.05) is 69.3 Å². The summed E-state index contributed by atoms with van der Waals surface area (Å²) in [4.78, 5) is 2.58. The molecule has 28 heavy (non-hydrogen) atoms. The van der Waals surface area contributed by atoms with E-state index >= 15 is 0 Å². The fourth-order valence-electron chi connectivity index (χ4n) is 4.17. The molecule has 2 aromatic carbocycles. The maximum absolute atomic E-state index is 2.58. The average Bonchev–Trinajstić information content (AvgIpc) is 3.01. The molecule has 0 radical (unpaired) electrons. The largest absolute Gasteiger partial charge is 0.347 e. The molecular formula is C26H32N2. The third-order valence-corrected chi connectivity index (χ3v) is 6.13. The van der Waals surface area contributed by atoms with Crippen LogP contribution in [0.2, 0.25) is 0 Å². The van der Waals surface area contributed by atoms with Crippen molar-refractivity contribution in [1.29, 1.82) is 0 Å². The summed E-state index contributed by atoms with van der Waals surface area (Å²) in [6.45, 7) is 13.3. The minimum absolute atomic E-state index is 0.210. The Morgan fingerprint density at radius 3 is 2.29 bits per heavy atom. The molecule has 0 saturated heterocycles. The first-order valence-electron chi connectivity index (χ1n) is 10.4. The monoisotopic (exact) mass is 372 g/mol. The number of fused-ring (bicyclic) bond motifs is 1. The molecule has 2 heteroatoms. The number of nitrogens with zero attached hydrogens (tertiary/aromatic N) is 2. The molecule has 0 N–H and O–H groups in total. The molecule has 1 aliphatic heterocycles. The van der Waals surface area contributed by atoms with Gasteiger partial charge in [-0.2, -0.15) is 0 Å². The Kier molecular flexibility index (Phi) is 5.16. The van der Waals surface area contributed by atoms with Gasteiger partial charge in [0.1, 0.15) is 0 Å². The smallest absolute Gasteiger partial charge is 0.0472 e. The van der Waals surface area contributed by atoms with Crippen molar-refractivity contribution >= 4 is 0 Å². The molecule has 4 rings (SSSR count). The van der Waals surface area contributed by atoms with Gasteiger partial charge in [0, 0.05) is 38.1 Å². The van der Waals surface area contributed by atoms with E-state index in [4.69, 9.17) is 0 Å². The van der Waals surface area contributed by atoms with Crippen LogP contribution in [0.4, 0.5) is 0 Å². The van der Waals surface area contributed by atoms with Crippen molar-refractivity contribution in [2.24, 2.45) is 0 Å². The molecule has 0 amide bonds. The van der Waals surface area contributed by atoms with Crippen LogP contribution >= 0.6 is 0 Å². The van der Waals surface area contributed by atoms with E-state index in [0.717, 1.165) is 32.6 Å². The second kappa shape index (κ2) is 7.60. The summed E-state index contributed by atoms with van der Waals surface area (Å²) >= 11 is 0. The van der Waals surface area contributed by atoms with Crippen molar-refractivity contribution < 1.29 is 0 Å². The van der Waals surface area contributed by atoms with Crippen LogP contribution in [0.25, 0.3) is 0 Å². The zero-order chi connectivity index (χ0) is 19.7. The Balaban J connectivity index is 1.43. The van der Waals surface area contributed by atoms with Gasteiger partial charge in [0.2, 0.25) is 0 Å². The first-order chi connectivity index (χ1) is 13.4. The molecule has 146 valence electrons. The first kappa shape index (κ1) is 19.0. The number of aromatic nitrogens is 1. The average molecular weight is 373 g/mol. The molecule has 1 aliphatic rings. The second-order valence-electron chi connectivity index (χ2n) is 9.23. The highest BCUT2D eigenvalue weighted by Gasteiger charge is 2.17. The van der Waals surface area contributed by atoms with Gasteiger partial charge in [0.05, 0.1) is 0 Å². The highest BCUT2D eigenvalue weighted by molar-refractivity contribution is 5.31. The highest BCUT2D eigenvalue weighted by atomic mass is 15.1. The lowest BCUT2D eigenvalue weighted by atomic mass is 9.87. The Labute approximate surface area is 169 Å². The number of benzene rings is 2. The minimum Gasteiger partial charge on any atom is -0.347 e. The van der Waals surface area contributed by atoms with E-state index < -0.39 is 0 Å². The van der Waals surface area contributed by atoms with Crippen LogP contribution in [0.5, 0.6) is 0 Å². The van der Waals surface area contributed by atoms with Crippen LogP contribution in [-0.4, -0.2) is 16.0 Å². The third-order valence-electron chi connectivity index (χ3n) is 6.13. The molecular weight excluding hydrogens is 340 g/mol. The van der Waals surface area contributed by atoms with Gasteiger partial charge in [-0.15, -0.1) is 0 Å². The van der Waals surface area contributed by atoms with E-state index in [2.05, 4.69) is 98.0 Å². The second-order valence-corrected chi connectivity index (χ2v) is 9.23. The Bertz CT molecular complexity index is 941. The molecule has 0 unspecified atom stereocenters. The van der Waals surface area contributed by atoms with Crippen molar-refractivity contribution in [3.63, 3.8) is 0 Å². The zero-order valence-electron chi connectivity index (χ0n) is 17.7. The summed E-state index contributed by atoms with van der Waals surface area (Å²) in [5.41, 5.74) is 8.82. The maximum Gasteiger partial charge on any atom is 0.0472 e. The molecule has 3 aromatic rings. The van der Waals surface area contributed by atoms with Gasteiger partial charge in [-0.05, 0) is 52.6 Å². The van der Waals surface area contributed by atoms with E-state index in [9.17, 15) is 0 Å². The molecule has 0 fully saturated rings. The Hall–Kier alpha value is -2.32. The third kappa shape index (κ3) is 4.07. The summed E-state index contributed by atoms with van der Waals surface area (Å²) in [6, 6.07) is 20.3. The fraction of sp³-hybridized carbons (Fsp3) is 0.385. The van der Waals surface area contributed by atoms with Crippen molar-refractivity contribution in [3.05, 3.63) is 94.3 Å². The van der Waals surface area contributed by atoms with E-state index in [1.165, 1.54) is 33.5 Å². The lowest BCUT2D eigenvalue weighted by molar-refractivity contribution is 0.245. The molecule has 0 bridgehead atoms. The van der Waals surface area contributed by atoms with E-state index in [1.807, 2.05) is 0 Å². The fourth-order valence-corrected chi connectivity index (χ4v) is 4.17. The Morgan fingerprint density at radius 2 is 1.57 bits per heavy atom. The van der Waals surface area contributed by atoms with E-state index in [-0.39, 0.29) is 5.41 Å². The molecule has 0 saturated carbocycles. The number of rotatable bonds is 4. The SMILES string of the molecule is Cc1c(CN2CCc3ccccc3C2)ccn1Cc1ccc(C(C)(C)C)cc1. The van der Waals surface area contributed by atoms with Crippen molar-refractivity contribution in [2.45, 2.75) is 59.2 Å². The predicted octanol–water partition coefficient (Wildman–Crippen LogP) is 5.70. The van der Waals surface area contributed by atoms with Crippen LogP contribution in [0.1, 0.15) is 54.3 Å². The van der Waals surface area contributed by atoms with Crippen LogP contribution in [0.15, 0.2) is 60.8 Å². The van der Waals surface area contributed by atoms with Crippen LogP contribution in [0.3, 0.4) is 0 Å². The van der Waals surface area contributed by atoms with Gasteiger partial charge in [-0.3, -0.25) is 4.90 Å². The zero-order valence-corrected chi connectivity index (χ0v) is 17.7. The van der Waals surface area contributed by atoms with Crippen LogP contribution in [0, 0.1) is 6.92 Å². The quantitative estimate of drug-likeness (QED) is 0.570. The molecule has 0 atom stereocenters. The summed E-state index contributed by atoms with van der Waals surface area (Å²) < 4.78 is 2.39. The lowest BCUT2D eigenvalue weighted by Crippen LogP contribution is -2.30. The molecule has 2 nitrogen and oxygen atoms in total. The van der Waals surface area contributed by atoms with Crippen molar-refractivity contribution in [1.82, 2.24) is 9.47 Å². The highest BCUT2D eigenvalue weighted by Crippen LogP contribution is 2.24. The van der Waals surface area contributed by atoms with Gasteiger partial charge >= 0.3 is 0 Å². The first-order valence-corrected chi connectivity index (χ1v) is 10.4. The van der Waals surface area contributed by atoms with Crippen LogP contribution in [-0.2, 0) is 31.5 Å². The van der Waals surface area contributed by atoms with Gasteiger partial charge < -0.3 is 4.57 Å². The molecule has 0 spiro atoms. The Morgan fingerprint density at radius 1 is 0.857 bits per heavy atom. The maximum atomic E-state index is 2.58. The summed E-state index contributed by atoms with van der Waals surface area (Å²) in [5, 5.41) is 0. The standard InChI is InChI=1S/C26H32N2/c1-20-23(18-27-15-13-22-7-5-6-8-24(22)19-27)14-16-28(20)17-21-9-11-25(12-10-21)26(2,3)4/h5-12,14,16H,13,15,17-19H2,1-4H3. The van der Waals surface area contributed by atoms with Crippen LogP contribution < -0.4 is 0 Å². The lowest BCUT2D eigenvalue weighted by Gasteiger charge is -2.28. The van der Waals surface area contributed by atoms with E-state index in [0.29, 0.717) is 0 Å². The van der Waals surface area contributed by atoms with E-state index in [1.54, 1.807) is 0 Å². The summed E-state index contributed by atoms with van der Waals surface area (Å²) in [7, 11) is 0. The van der Waals surface area contributed by atoms with Gasteiger partial charge in [0.25, 0.3) is 0 Å². The van der Waals surface area contributed by atoms with Crippen molar-refractivity contribution in [2.75, 3.05) is 6.54 Å².